The predicted octanol–water partition coefficient (Wildman–Crippen LogP) is 1.94. The van der Waals surface area contributed by atoms with Crippen molar-refractivity contribution in [2.75, 3.05) is 0 Å². The Kier molecular flexibility index (Phi) is 2.62. The Morgan fingerprint density at radius 3 is 2.72 bits per heavy atom. The van der Waals surface area contributed by atoms with Crippen molar-refractivity contribution in [2.45, 2.75) is 33.6 Å². The minimum atomic E-state index is 0.820. The SMILES string of the molecule is CCCc1nnc2sc(-n3nc(C)cc3C)nn12. The Labute approximate surface area is 108 Å². The first-order valence-corrected chi connectivity index (χ1v) is 6.75. The van der Waals surface area contributed by atoms with E-state index in [-0.39, 0.29) is 0 Å². The third-order valence-corrected chi connectivity index (χ3v) is 3.58. The van der Waals surface area contributed by atoms with Gasteiger partial charge in [0.1, 0.15) is 0 Å². The largest absolute Gasteiger partial charge is 0.236 e. The minimum absolute atomic E-state index is 0.820. The van der Waals surface area contributed by atoms with Crippen LogP contribution in [0.25, 0.3) is 10.1 Å². The maximum absolute atomic E-state index is 4.55. The first-order valence-electron chi connectivity index (χ1n) is 5.94. The number of nitrogens with zero attached hydrogens (tertiary/aromatic N) is 6. The molecule has 0 atom stereocenters. The average molecular weight is 262 g/mol. The van der Waals surface area contributed by atoms with Crippen LogP contribution in [-0.4, -0.2) is 29.6 Å². The fourth-order valence-corrected chi connectivity index (χ4v) is 2.81. The van der Waals surface area contributed by atoms with E-state index in [0.717, 1.165) is 40.1 Å². The van der Waals surface area contributed by atoms with Gasteiger partial charge in [-0.05, 0) is 26.3 Å². The van der Waals surface area contributed by atoms with E-state index in [1.165, 1.54) is 11.3 Å². The standard InChI is InChI=1S/C11H14N6S/c1-4-5-9-12-13-10-17(9)15-11(18-10)16-8(3)6-7(2)14-16/h6H,4-5H2,1-3H3. The van der Waals surface area contributed by atoms with E-state index in [1.807, 2.05) is 29.1 Å². The average Bonchev–Trinajstić information content (AvgIpc) is 2.95. The van der Waals surface area contributed by atoms with E-state index in [1.54, 1.807) is 0 Å². The van der Waals surface area contributed by atoms with Crippen LogP contribution < -0.4 is 0 Å². The fourth-order valence-electron chi connectivity index (χ4n) is 1.94. The topological polar surface area (TPSA) is 60.9 Å². The Bertz CT molecular complexity index is 692. The summed E-state index contributed by atoms with van der Waals surface area (Å²) in [5.41, 5.74) is 2.07. The molecule has 0 saturated carbocycles. The molecule has 0 amide bonds. The number of rotatable bonds is 3. The highest BCUT2D eigenvalue weighted by atomic mass is 32.1. The third kappa shape index (κ3) is 1.71. The van der Waals surface area contributed by atoms with Crippen LogP contribution in [0.1, 0.15) is 30.6 Å². The molecule has 6 nitrogen and oxygen atoms in total. The molecule has 0 fully saturated rings. The first-order chi connectivity index (χ1) is 8.69. The van der Waals surface area contributed by atoms with Crippen molar-refractivity contribution in [1.29, 1.82) is 0 Å². The van der Waals surface area contributed by atoms with E-state index in [2.05, 4.69) is 27.3 Å². The first kappa shape index (κ1) is 11.3. The molecule has 0 radical (unpaired) electrons. The summed E-state index contributed by atoms with van der Waals surface area (Å²) in [5.74, 6) is 0.913. The van der Waals surface area contributed by atoms with Crippen LogP contribution in [0.5, 0.6) is 0 Å². The molecule has 7 heteroatoms. The van der Waals surface area contributed by atoms with Gasteiger partial charge in [0.15, 0.2) is 5.82 Å². The molecule has 0 spiro atoms. The Morgan fingerprint density at radius 2 is 2.06 bits per heavy atom. The smallest absolute Gasteiger partial charge is 0.209 e. The summed E-state index contributed by atoms with van der Waals surface area (Å²) in [6.07, 6.45) is 1.93. The van der Waals surface area contributed by atoms with Crippen LogP contribution in [-0.2, 0) is 6.42 Å². The van der Waals surface area contributed by atoms with Crippen molar-refractivity contribution in [1.82, 2.24) is 29.6 Å². The molecular weight excluding hydrogens is 248 g/mol. The Hall–Kier alpha value is -1.76. The van der Waals surface area contributed by atoms with Crippen molar-refractivity contribution in [3.05, 3.63) is 23.3 Å². The molecule has 0 bridgehead atoms. The molecule has 3 aromatic rings. The van der Waals surface area contributed by atoms with Crippen molar-refractivity contribution >= 4 is 16.3 Å². The van der Waals surface area contributed by atoms with Gasteiger partial charge in [-0.25, -0.2) is 4.68 Å². The zero-order chi connectivity index (χ0) is 12.7. The number of fused-ring (bicyclic) bond motifs is 1. The maximum Gasteiger partial charge on any atom is 0.236 e. The van der Waals surface area contributed by atoms with Crippen LogP contribution in [0.2, 0.25) is 0 Å². The van der Waals surface area contributed by atoms with Crippen molar-refractivity contribution in [3.8, 4) is 5.13 Å². The quantitative estimate of drug-likeness (QED) is 0.723. The molecule has 3 rings (SSSR count). The van der Waals surface area contributed by atoms with E-state index in [0.29, 0.717) is 0 Å². The lowest BCUT2D eigenvalue weighted by atomic mass is 10.3. The zero-order valence-electron chi connectivity index (χ0n) is 10.6. The Morgan fingerprint density at radius 1 is 1.22 bits per heavy atom. The normalized spacial score (nSPS) is 11.5. The van der Waals surface area contributed by atoms with Gasteiger partial charge >= 0.3 is 0 Å². The highest BCUT2D eigenvalue weighted by Gasteiger charge is 2.14. The van der Waals surface area contributed by atoms with Crippen LogP contribution in [0.15, 0.2) is 6.07 Å². The summed E-state index contributed by atoms with van der Waals surface area (Å²) in [7, 11) is 0. The molecule has 94 valence electrons. The van der Waals surface area contributed by atoms with E-state index < -0.39 is 0 Å². The number of hydrogen-bond acceptors (Lipinski definition) is 5. The zero-order valence-corrected chi connectivity index (χ0v) is 11.4. The van der Waals surface area contributed by atoms with Gasteiger partial charge in [0, 0.05) is 12.1 Å². The highest BCUT2D eigenvalue weighted by molar-refractivity contribution is 7.18. The second-order valence-corrected chi connectivity index (χ2v) is 5.22. The molecule has 0 aliphatic rings. The van der Waals surface area contributed by atoms with Gasteiger partial charge < -0.3 is 0 Å². The van der Waals surface area contributed by atoms with E-state index in [4.69, 9.17) is 0 Å². The molecule has 0 saturated heterocycles. The van der Waals surface area contributed by atoms with Gasteiger partial charge in [0.05, 0.1) is 5.69 Å². The maximum atomic E-state index is 4.55. The molecule has 0 unspecified atom stereocenters. The lowest BCUT2D eigenvalue weighted by Crippen LogP contribution is -2.01. The minimum Gasteiger partial charge on any atom is -0.209 e. The molecule has 0 N–H and O–H groups in total. The molecule has 3 heterocycles. The predicted molar refractivity (Wildman–Crippen MR) is 69.3 cm³/mol. The number of aromatic nitrogens is 6. The highest BCUT2D eigenvalue weighted by Crippen LogP contribution is 2.19. The lowest BCUT2D eigenvalue weighted by Gasteiger charge is -1.96. The van der Waals surface area contributed by atoms with Crippen LogP contribution >= 0.6 is 11.3 Å². The lowest BCUT2D eigenvalue weighted by molar-refractivity contribution is 0.746. The van der Waals surface area contributed by atoms with Crippen molar-refractivity contribution < 1.29 is 0 Å². The van der Waals surface area contributed by atoms with Crippen LogP contribution in [0.4, 0.5) is 0 Å². The van der Waals surface area contributed by atoms with Crippen LogP contribution in [0, 0.1) is 13.8 Å². The van der Waals surface area contributed by atoms with Gasteiger partial charge in [0.2, 0.25) is 10.1 Å². The number of hydrogen-bond donors (Lipinski definition) is 0. The second-order valence-electron chi connectivity index (χ2n) is 4.28. The van der Waals surface area contributed by atoms with E-state index >= 15 is 0 Å². The summed E-state index contributed by atoms with van der Waals surface area (Å²) in [6, 6.07) is 2.04. The second kappa shape index (κ2) is 4.16. The molecule has 18 heavy (non-hydrogen) atoms. The van der Waals surface area contributed by atoms with Gasteiger partial charge in [-0.15, -0.1) is 15.3 Å². The summed E-state index contributed by atoms with van der Waals surface area (Å²) < 4.78 is 3.67. The third-order valence-electron chi connectivity index (χ3n) is 2.71. The van der Waals surface area contributed by atoms with Crippen molar-refractivity contribution in [2.24, 2.45) is 0 Å². The molecular formula is C11H14N6S. The summed E-state index contributed by atoms with van der Waals surface area (Å²) in [4.78, 5) is 0.820. The summed E-state index contributed by atoms with van der Waals surface area (Å²) >= 11 is 1.50. The fraction of sp³-hybridized carbons (Fsp3) is 0.455. The van der Waals surface area contributed by atoms with Gasteiger partial charge in [-0.2, -0.15) is 9.61 Å². The number of aryl methyl sites for hydroxylation is 3. The summed E-state index contributed by atoms with van der Waals surface area (Å²) in [6.45, 7) is 6.12. The Balaban J connectivity index is 2.11. The van der Waals surface area contributed by atoms with Crippen molar-refractivity contribution in [3.63, 3.8) is 0 Å². The molecule has 0 aliphatic heterocycles. The molecule has 0 aromatic carbocycles. The van der Waals surface area contributed by atoms with Crippen LogP contribution in [0.3, 0.4) is 0 Å². The van der Waals surface area contributed by atoms with Gasteiger partial charge in [-0.1, -0.05) is 18.3 Å². The van der Waals surface area contributed by atoms with E-state index in [9.17, 15) is 0 Å². The molecule has 0 aliphatic carbocycles. The molecule has 3 aromatic heterocycles. The van der Waals surface area contributed by atoms with Gasteiger partial charge in [-0.3, -0.25) is 0 Å². The van der Waals surface area contributed by atoms with Gasteiger partial charge in [0.25, 0.3) is 0 Å². The monoisotopic (exact) mass is 262 g/mol. The summed E-state index contributed by atoms with van der Waals surface area (Å²) in [5, 5.41) is 18.1.